The summed E-state index contributed by atoms with van der Waals surface area (Å²) in [5.74, 6) is 1.63. The summed E-state index contributed by atoms with van der Waals surface area (Å²) in [4.78, 5) is 8.27. The normalized spacial score (nSPS) is 10.8. The van der Waals surface area contributed by atoms with Crippen LogP contribution in [0.4, 0.5) is 5.82 Å². The fraction of sp³-hybridized carbons (Fsp3) is 0. The quantitative estimate of drug-likeness (QED) is 0.644. The van der Waals surface area contributed by atoms with Crippen LogP contribution in [0.1, 0.15) is 0 Å². The number of nitrogens with two attached hydrogens (primary N) is 1. The van der Waals surface area contributed by atoms with E-state index in [4.69, 9.17) is 5.73 Å². The average Bonchev–Trinajstić information content (AvgIpc) is 2.72. The third-order valence-corrected chi connectivity index (χ3v) is 2.19. The number of fused-ring (bicyclic) bond motifs is 1. The summed E-state index contributed by atoms with van der Waals surface area (Å²) >= 11 is 0. The average molecular weight is 212 g/mol. The van der Waals surface area contributed by atoms with Crippen LogP contribution in [0, 0.1) is 0 Å². The number of rotatable bonds is 1. The van der Waals surface area contributed by atoms with Crippen molar-refractivity contribution in [1.82, 2.24) is 24.6 Å². The van der Waals surface area contributed by atoms with E-state index in [9.17, 15) is 0 Å². The van der Waals surface area contributed by atoms with Gasteiger partial charge in [0.2, 0.25) is 0 Å². The Morgan fingerprint density at radius 1 is 1.12 bits per heavy atom. The van der Waals surface area contributed by atoms with Gasteiger partial charge in [0.15, 0.2) is 5.82 Å². The summed E-state index contributed by atoms with van der Waals surface area (Å²) in [7, 11) is 0. The molecule has 0 aromatic carbocycles. The number of nitrogens with zero attached hydrogens (tertiary/aromatic N) is 5. The zero-order valence-electron chi connectivity index (χ0n) is 8.28. The molecule has 0 fully saturated rings. The van der Waals surface area contributed by atoms with Gasteiger partial charge in [0, 0.05) is 12.4 Å². The molecule has 6 nitrogen and oxygen atoms in total. The number of hydrogen-bond acceptors (Lipinski definition) is 5. The molecule has 2 N–H and O–H groups in total. The van der Waals surface area contributed by atoms with Gasteiger partial charge in [-0.25, -0.2) is 9.97 Å². The summed E-state index contributed by atoms with van der Waals surface area (Å²) in [6.07, 6.45) is 3.50. The minimum atomic E-state index is 0.457. The lowest BCUT2D eigenvalue weighted by Crippen LogP contribution is -1.95. The number of pyridine rings is 1. The van der Waals surface area contributed by atoms with Gasteiger partial charge in [0.05, 0.1) is 0 Å². The van der Waals surface area contributed by atoms with Crippen molar-refractivity contribution in [3.05, 3.63) is 36.7 Å². The number of anilines is 1. The molecule has 0 amide bonds. The Kier molecular flexibility index (Phi) is 1.79. The number of aromatic nitrogens is 5. The summed E-state index contributed by atoms with van der Waals surface area (Å²) in [6.45, 7) is 0. The highest BCUT2D eigenvalue weighted by atomic mass is 15.3. The highest BCUT2D eigenvalue weighted by Gasteiger charge is 2.08. The minimum Gasteiger partial charge on any atom is -0.384 e. The molecule has 0 spiro atoms. The molecule has 0 aliphatic rings. The smallest absolute Gasteiger partial charge is 0.255 e. The Hall–Kier alpha value is -2.50. The maximum Gasteiger partial charge on any atom is 0.255 e. The topological polar surface area (TPSA) is 82.0 Å². The summed E-state index contributed by atoms with van der Waals surface area (Å²) in [6, 6.07) is 7.20. The largest absolute Gasteiger partial charge is 0.384 e. The first kappa shape index (κ1) is 8.78. The zero-order valence-corrected chi connectivity index (χ0v) is 8.28. The Bertz CT molecular complexity index is 644. The van der Waals surface area contributed by atoms with Crippen LogP contribution in [0.5, 0.6) is 0 Å². The van der Waals surface area contributed by atoms with Gasteiger partial charge in [0.1, 0.15) is 11.5 Å². The van der Waals surface area contributed by atoms with Crippen molar-refractivity contribution < 1.29 is 0 Å². The molecule has 78 valence electrons. The Labute approximate surface area is 90.8 Å². The predicted octanol–water partition coefficient (Wildman–Crippen LogP) is 0.768. The molecule has 0 aliphatic heterocycles. The third kappa shape index (κ3) is 1.28. The molecule has 0 saturated carbocycles. The van der Waals surface area contributed by atoms with Crippen LogP contribution < -0.4 is 5.73 Å². The van der Waals surface area contributed by atoms with Crippen LogP contribution in [0.15, 0.2) is 36.7 Å². The summed E-state index contributed by atoms with van der Waals surface area (Å²) in [5.41, 5.74) is 6.31. The minimum absolute atomic E-state index is 0.457. The fourth-order valence-electron chi connectivity index (χ4n) is 1.49. The summed E-state index contributed by atoms with van der Waals surface area (Å²) in [5, 5.41) is 7.98. The van der Waals surface area contributed by atoms with E-state index in [-0.39, 0.29) is 0 Å². The monoisotopic (exact) mass is 212 g/mol. The SMILES string of the molecule is Nc1cccc(-c2nnc3ncccn23)n1. The molecule has 3 aromatic rings. The van der Waals surface area contributed by atoms with Crippen molar-refractivity contribution in [3.63, 3.8) is 0 Å². The Morgan fingerprint density at radius 2 is 2.06 bits per heavy atom. The van der Waals surface area contributed by atoms with E-state index in [0.29, 0.717) is 23.1 Å². The molecule has 0 bridgehead atoms. The highest BCUT2D eigenvalue weighted by Crippen LogP contribution is 2.15. The maximum absolute atomic E-state index is 5.62. The fourth-order valence-corrected chi connectivity index (χ4v) is 1.49. The van der Waals surface area contributed by atoms with Gasteiger partial charge in [0.25, 0.3) is 5.78 Å². The van der Waals surface area contributed by atoms with Crippen LogP contribution in [0.2, 0.25) is 0 Å². The molecule has 3 rings (SSSR count). The molecular formula is C10H8N6. The molecule has 3 aromatic heterocycles. The summed E-state index contributed by atoms with van der Waals surface area (Å²) < 4.78 is 1.77. The van der Waals surface area contributed by atoms with Gasteiger partial charge in [-0.2, -0.15) is 0 Å². The van der Waals surface area contributed by atoms with E-state index >= 15 is 0 Å². The zero-order chi connectivity index (χ0) is 11.0. The van der Waals surface area contributed by atoms with Gasteiger partial charge in [-0.3, -0.25) is 4.40 Å². The van der Waals surface area contributed by atoms with Crippen LogP contribution in [-0.2, 0) is 0 Å². The second-order valence-corrected chi connectivity index (χ2v) is 3.26. The van der Waals surface area contributed by atoms with Crippen molar-refractivity contribution in [2.75, 3.05) is 5.73 Å². The van der Waals surface area contributed by atoms with Gasteiger partial charge in [-0.15, -0.1) is 10.2 Å². The molecule has 16 heavy (non-hydrogen) atoms. The molecule has 0 unspecified atom stereocenters. The van der Waals surface area contributed by atoms with E-state index in [1.807, 2.05) is 24.4 Å². The molecule has 6 heteroatoms. The van der Waals surface area contributed by atoms with Crippen molar-refractivity contribution >= 4 is 11.6 Å². The first-order valence-corrected chi connectivity index (χ1v) is 4.73. The predicted molar refractivity (Wildman–Crippen MR) is 58.4 cm³/mol. The second kappa shape index (κ2) is 3.27. The Morgan fingerprint density at radius 3 is 2.94 bits per heavy atom. The lowest BCUT2D eigenvalue weighted by molar-refractivity contribution is 1.09. The van der Waals surface area contributed by atoms with Gasteiger partial charge in [-0.1, -0.05) is 6.07 Å². The molecule has 0 saturated heterocycles. The molecule has 0 aliphatic carbocycles. The molecule has 0 atom stereocenters. The van der Waals surface area contributed by atoms with Crippen molar-refractivity contribution in [1.29, 1.82) is 0 Å². The lowest BCUT2D eigenvalue weighted by atomic mass is 10.3. The number of hydrogen-bond donors (Lipinski definition) is 1. The van der Waals surface area contributed by atoms with Crippen LogP contribution in [-0.4, -0.2) is 24.6 Å². The van der Waals surface area contributed by atoms with Gasteiger partial charge >= 0.3 is 0 Å². The Balaban J connectivity index is 2.26. The molecule has 0 radical (unpaired) electrons. The molecule has 3 heterocycles. The van der Waals surface area contributed by atoms with E-state index in [2.05, 4.69) is 20.2 Å². The van der Waals surface area contributed by atoms with E-state index in [0.717, 1.165) is 0 Å². The van der Waals surface area contributed by atoms with E-state index < -0.39 is 0 Å². The van der Waals surface area contributed by atoms with E-state index in [1.54, 1.807) is 16.7 Å². The first-order chi connectivity index (χ1) is 7.84. The van der Waals surface area contributed by atoms with Crippen LogP contribution in [0.25, 0.3) is 17.3 Å². The lowest BCUT2D eigenvalue weighted by Gasteiger charge is -1.99. The number of nitrogen functional groups attached to an aromatic ring is 1. The van der Waals surface area contributed by atoms with Crippen molar-refractivity contribution in [2.45, 2.75) is 0 Å². The second-order valence-electron chi connectivity index (χ2n) is 3.26. The van der Waals surface area contributed by atoms with Crippen molar-refractivity contribution in [2.24, 2.45) is 0 Å². The van der Waals surface area contributed by atoms with Crippen LogP contribution in [0.3, 0.4) is 0 Å². The standard InChI is InChI=1S/C10H8N6/c11-8-4-1-3-7(13-8)9-14-15-10-12-5-2-6-16(9)10/h1-6H,(H2,11,13). The van der Waals surface area contributed by atoms with Gasteiger partial charge in [-0.05, 0) is 18.2 Å². The molecular weight excluding hydrogens is 204 g/mol. The van der Waals surface area contributed by atoms with Gasteiger partial charge < -0.3 is 5.73 Å². The maximum atomic E-state index is 5.62. The van der Waals surface area contributed by atoms with E-state index in [1.165, 1.54) is 0 Å². The van der Waals surface area contributed by atoms with Crippen LogP contribution >= 0.6 is 0 Å². The highest BCUT2D eigenvalue weighted by molar-refractivity contribution is 5.55. The third-order valence-electron chi connectivity index (χ3n) is 2.19. The van der Waals surface area contributed by atoms with Crippen molar-refractivity contribution in [3.8, 4) is 11.5 Å². The first-order valence-electron chi connectivity index (χ1n) is 4.73.